The van der Waals surface area contributed by atoms with E-state index in [4.69, 9.17) is 9.47 Å². The van der Waals surface area contributed by atoms with Crippen molar-refractivity contribution in [3.05, 3.63) is 53.8 Å². The summed E-state index contributed by atoms with van der Waals surface area (Å²) in [6.07, 6.45) is 0.695. The highest BCUT2D eigenvalue weighted by Crippen LogP contribution is 2.28. The second kappa shape index (κ2) is 8.73. The van der Waals surface area contributed by atoms with Crippen LogP contribution in [-0.4, -0.2) is 39.1 Å². The summed E-state index contributed by atoms with van der Waals surface area (Å²) in [5, 5.41) is 2.86. The second-order valence-electron chi connectivity index (χ2n) is 6.59. The first-order chi connectivity index (χ1) is 13.5. The van der Waals surface area contributed by atoms with Crippen molar-refractivity contribution in [2.45, 2.75) is 12.8 Å². The lowest BCUT2D eigenvalue weighted by atomic mass is 10.1. The molecule has 0 aromatic heterocycles. The summed E-state index contributed by atoms with van der Waals surface area (Å²) in [6, 6.07) is 11.7. The van der Waals surface area contributed by atoms with Gasteiger partial charge in [0.05, 0.1) is 25.8 Å². The molecule has 1 unspecified atom stereocenters. The van der Waals surface area contributed by atoms with Gasteiger partial charge >= 0.3 is 0 Å². The van der Waals surface area contributed by atoms with Crippen LogP contribution in [0.25, 0.3) is 0 Å². The molecule has 28 heavy (non-hydrogen) atoms. The number of amides is 2. The number of ether oxygens (including phenoxy) is 2. The summed E-state index contributed by atoms with van der Waals surface area (Å²) in [7, 11) is 3.15. The molecule has 2 amide bonds. The van der Waals surface area contributed by atoms with Crippen LogP contribution in [0.1, 0.15) is 12.0 Å². The summed E-state index contributed by atoms with van der Waals surface area (Å²) >= 11 is 0. The number of carbonyl (C=O) groups is 2. The Morgan fingerprint density at radius 2 is 1.93 bits per heavy atom. The van der Waals surface area contributed by atoms with Crippen molar-refractivity contribution in [3.8, 4) is 11.5 Å². The van der Waals surface area contributed by atoms with Crippen molar-refractivity contribution in [1.82, 2.24) is 5.32 Å². The molecule has 7 heteroatoms. The van der Waals surface area contributed by atoms with Gasteiger partial charge in [0.2, 0.25) is 11.8 Å². The summed E-state index contributed by atoms with van der Waals surface area (Å²) < 4.78 is 24.4. The molecule has 1 N–H and O–H groups in total. The fourth-order valence-electron chi connectivity index (χ4n) is 3.30. The van der Waals surface area contributed by atoms with Crippen LogP contribution in [0.4, 0.5) is 10.1 Å². The van der Waals surface area contributed by atoms with Crippen molar-refractivity contribution in [2.75, 3.05) is 32.2 Å². The molecule has 1 aliphatic rings. The molecule has 1 saturated heterocycles. The van der Waals surface area contributed by atoms with Crippen LogP contribution < -0.4 is 19.7 Å². The number of hydrogen-bond donors (Lipinski definition) is 1. The summed E-state index contributed by atoms with van der Waals surface area (Å²) in [6.45, 7) is 0.612. The van der Waals surface area contributed by atoms with Gasteiger partial charge in [0.15, 0.2) is 11.5 Å². The highest BCUT2D eigenvalue weighted by atomic mass is 19.1. The van der Waals surface area contributed by atoms with Gasteiger partial charge in [-0.1, -0.05) is 18.2 Å². The number of anilines is 1. The van der Waals surface area contributed by atoms with E-state index in [0.717, 1.165) is 5.56 Å². The Hall–Kier alpha value is -3.09. The van der Waals surface area contributed by atoms with E-state index in [0.29, 0.717) is 24.5 Å². The number of halogens is 1. The first kappa shape index (κ1) is 19.7. The fourth-order valence-corrected chi connectivity index (χ4v) is 3.30. The van der Waals surface area contributed by atoms with E-state index in [2.05, 4.69) is 5.32 Å². The third-order valence-electron chi connectivity index (χ3n) is 4.80. The molecule has 1 fully saturated rings. The number of nitrogens with zero attached hydrogens (tertiary/aromatic N) is 1. The minimum absolute atomic E-state index is 0.0799. The SMILES string of the molecule is COc1ccc(CCNC(=O)C2CC(=O)N(c3ccccc3F)C2)cc1OC. The highest BCUT2D eigenvalue weighted by Gasteiger charge is 2.35. The lowest BCUT2D eigenvalue weighted by molar-refractivity contribution is -0.126. The minimum Gasteiger partial charge on any atom is -0.493 e. The van der Waals surface area contributed by atoms with E-state index < -0.39 is 11.7 Å². The van der Waals surface area contributed by atoms with Crippen LogP contribution in [0.5, 0.6) is 11.5 Å². The van der Waals surface area contributed by atoms with Gasteiger partial charge in [-0.3, -0.25) is 9.59 Å². The molecule has 0 aliphatic carbocycles. The molecule has 0 bridgehead atoms. The van der Waals surface area contributed by atoms with Crippen LogP contribution in [0.2, 0.25) is 0 Å². The Kier molecular flexibility index (Phi) is 6.13. The third kappa shape index (κ3) is 4.24. The number of para-hydroxylation sites is 1. The van der Waals surface area contributed by atoms with Crippen molar-refractivity contribution in [3.63, 3.8) is 0 Å². The number of hydrogen-bond acceptors (Lipinski definition) is 4. The second-order valence-corrected chi connectivity index (χ2v) is 6.59. The Labute approximate surface area is 163 Å². The lowest BCUT2D eigenvalue weighted by Crippen LogP contribution is -2.34. The average Bonchev–Trinajstić information content (AvgIpc) is 3.09. The van der Waals surface area contributed by atoms with E-state index in [1.54, 1.807) is 32.4 Å². The molecule has 0 radical (unpaired) electrons. The molecular formula is C21H23FN2O4. The van der Waals surface area contributed by atoms with Crippen LogP contribution in [0, 0.1) is 11.7 Å². The number of rotatable bonds is 7. The first-order valence-corrected chi connectivity index (χ1v) is 9.07. The predicted molar refractivity (Wildman–Crippen MR) is 103 cm³/mol. The Morgan fingerprint density at radius 1 is 1.18 bits per heavy atom. The molecule has 0 saturated carbocycles. The zero-order valence-electron chi connectivity index (χ0n) is 15.9. The van der Waals surface area contributed by atoms with Gasteiger partial charge in [-0.25, -0.2) is 4.39 Å². The Morgan fingerprint density at radius 3 is 2.64 bits per heavy atom. The standard InChI is InChI=1S/C21H23FN2O4/c1-27-18-8-7-14(11-19(18)28-2)9-10-23-21(26)15-12-20(25)24(13-15)17-6-4-3-5-16(17)22/h3-8,11,15H,9-10,12-13H2,1-2H3,(H,23,26). The van der Waals surface area contributed by atoms with Gasteiger partial charge in [0.25, 0.3) is 0 Å². The molecule has 2 aromatic rings. The van der Waals surface area contributed by atoms with Gasteiger partial charge in [0, 0.05) is 19.5 Å². The van der Waals surface area contributed by atoms with E-state index >= 15 is 0 Å². The maximum Gasteiger partial charge on any atom is 0.227 e. The summed E-state index contributed by atoms with van der Waals surface area (Å²) in [5.74, 6) is -0.123. The molecule has 3 rings (SSSR count). The van der Waals surface area contributed by atoms with Gasteiger partial charge in [-0.05, 0) is 36.2 Å². The smallest absolute Gasteiger partial charge is 0.227 e. The molecule has 2 aromatic carbocycles. The normalized spacial score (nSPS) is 16.2. The van der Waals surface area contributed by atoms with E-state index in [-0.39, 0.29) is 30.5 Å². The third-order valence-corrected chi connectivity index (χ3v) is 4.80. The fraction of sp³-hybridized carbons (Fsp3) is 0.333. The Balaban J connectivity index is 1.55. The molecule has 1 aliphatic heterocycles. The van der Waals surface area contributed by atoms with Crippen molar-refractivity contribution < 1.29 is 23.5 Å². The van der Waals surface area contributed by atoms with Crippen LogP contribution in [-0.2, 0) is 16.0 Å². The molecule has 6 nitrogen and oxygen atoms in total. The number of nitrogens with one attached hydrogen (secondary N) is 1. The maximum absolute atomic E-state index is 13.9. The molecule has 0 spiro atoms. The number of methoxy groups -OCH3 is 2. The van der Waals surface area contributed by atoms with Crippen LogP contribution in [0.15, 0.2) is 42.5 Å². The van der Waals surface area contributed by atoms with Crippen molar-refractivity contribution in [1.29, 1.82) is 0 Å². The summed E-state index contributed by atoms with van der Waals surface area (Å²) in [5.41, 5.74) is 1.21. The van der Waals surface area contributed by atoms with Crippen molar-refractivity contribution in [2.24, 2.45) is 5.92 Å². The average molecular weight is 386 g/mol. The van der Waals surface area contributed by atoms with Gasteiger partial charge in [0.1, 0.15) is 5.82 Å². The number of benzene rings is 2. The molecule has 148 valence electrons. The molecule has 1 atom stereocenters. The first-order valence-electron chi connectivity index (χ1n) is 9.07. The molecule has 1 heterocycles. The maximum atomic E-state index is 13.9. The zero-order valence-corrected chi connectivity index (χ0v) is 15.9. The summed E-state index contributed by atoms with van der Waals surface area (Å²) in [4.78, 5) is 26.0. The van der Waals surface area contributed by atoms with Gasteiger partial charge in [-0.15, -0.1) is 0 Å². The lowest BCUT2D eigenvalue weighted by Gasteiger charge is -2.17. The van der Waals surface area contributed by atoms with Crippen molar-refractivity contribution >= 4 is 17.5 Å². The molecular weight excluding hydrogens is 363 g/mol. The zero-order chi connectivity index (χ0) is 20.1. The quantitative estimate of drug-likeness (QED) is 0.794. The van der Waals surface area contributed by atoms with Gasteiger partial charge in [-0.2, -0.15) is 0 Å². The largest absolute Gasteiger partial charge is 0.493 e. The topological polar surface area (TPSA) is 67.9 Å². The predicted octanol–water partition coefficient (Wildman–Crippen LogP) is 2.55. The van der Waals surface area contributed by atoms with Crippen LogP contribution >= 0.6 is 0 Å². The highest BCUT2D eigenvalue weighted by molar-refractivity contribution is 6.00. The number of carbonyl (C=O) groups excluding carboxylic acids is 2. The minimum atomic E-state index is -0.488. The van der Waals surface area contributed by atoms with E-state index in [1.165, 1.54) is 11.0 Å². The van der Waals surface area contributed by atoms with E-state index in [1.807, 2.05) is 18.2 Å². The monoisotopic (exact) mass is 386 g/mol. The van der Waals surface area contributed by atoms with E-state index in [9.17, 15) is 14.0 Å². The Bertz CT molecular complexity index is 871. The van der Waals surface area contributed by atoms with Gasteiger partial charge < -0.3 is 19.7 Å². The van der Waals surface area contributed by atoms with Crippen LogP contribution in [0.3, 0.4) is 0 Å².